The molecule has 0 spiro atoms. The van der Waals surface area contributed by atoms with Gasteiger partial charge in [-0.25, -0.2) is 4.39 Å². The summed E-state index contributed by atoms with van der Waals surface area (Å²) in [5.41, 5.74) is 3.76. The first-order valence-electron chi connectivity index (χ1n) is 9.99. The summed E-state index contributed by atoms with van der Waals surface area (Å²) in [6.45, 7) is 9.84. The van der Waals surface area contributed by atoms with E-state index in [0.717, 1.165) is 35.6 Å². The second kappa shape index (κ2) is 10.6. The van der Waals surface area contributed by atoms with Crippen LogP contribution in [0.4, 0.5) is 15.8 Å². The number of benzene rings is 2. The molecule has 2 amide bonds. The molecule has 1 N–H and O–H groups in total. The molecular formula is C23H30FN3O2. The van der Waals surface area contributed by atoms with Crippen molar-refractivity contribution in [1.82, 2.24) is 4.90 Å². The highest BCUT2D eigenvalue weighted by Gasteiger charge is 2.15. The van der Waals surface area contributed by atoms with E-state index in [1.165, 1.54) is 24.0 Å². The van der Waals surface area contributed by atoms with Crippen molar-refractivity contribution in [2.75, 3.05) is 36.4 Å². The zero-order valence-electron chi connectivity index (χ0n) is 17.7. The van der Waals surface area contributed by atoms with Crippen molar-refractivity contribution in [1.29, 1.82) is 0 Å². The molecule has 0 aromatic heterocycles. The quantitative estimate of drug-likeness (QED) is 0.693. The molecule has 0 atom stereocenters. The van der Waals surface area contributed by atoms with Crippen molar-refractivity contribution >= 4 is 23.2 Å². The number of anilines is 2. The molecule has 0 aliphatic rings. The zero-order chi connectivity index (χ0) is 21.4. The molecular weight excluding hydrogens is 369 g/mol. The predicted molar refractivity (Wildman–Crippen MR) is 116 cm³/mol. The SMILES string of the molecule is CCN(CC)c1ccc(NC(=O)CN(CCc2ccc(F)cc2)C(C)=O)c(C)c1. The van der Waals surface area contributed by atoms with Gasteiger partial charge in [-0.15, -0.1) is 0 Å². The first-order chi connectivity index (χ1) is 13.8. The third kappa shape index (κ3) is 6.59. The molecule has 5 nitrogen and oxygen atoms in total. The average molecular weight is 400 g/mol. The molecule has 6 heteroatoms. The van der Waals surface area contributed by atoms with Crippen LogP contribution in [-0.4, -0.2) is 42.9 Å². The fourth-order valence-electron chi connectivity index (χ4n) is 3.20. The lowest BCUT2D eigenvalue weighted by molar-refractivity contribution is -0.132. The minimum Gasteiger partial charge on any atom is -0.372 e. The summed E-state index contributed by atoms with van der Waals surface area (Å²) in [4.78, 5) is 28.2. The maximum Gasteiger partial charge on any atom is 0.244 e. The van der Waals surface area contributed by atoms with E-state index < -0.39 is 0 Å². The normalized spacial score (nSPS) is 10.5. The van der Waals surface area contributed by atoms with Gasteiger partial charge in [0.25, 0.3) is 0 Å². The molecule has 0 fully saturated rings. The van der Waals surface area contributed by atoms with Crippen LogP contribution in [0, 0.1) is 12.7 Å². The van der Waals surface area contributed by atoms with E-state index in [9.17, 15) is 14.0 Å². The maximum absolute atomic E-state index is 13.0. The Kier molecular flexibility index (Phi) is 8.19. The van der Waals surface area contributed by atoms with Crippen molar-refractivity contribution in [2.45, 2.75) is 34.1 Å². The first kappa shape index (κ1) is 22.4. The van der Waals surface area contributed by atoms with Crippen molar-refractivity contribution < 1.29 is 14.0 Å². The van der Waals surface area contributed by atoms with Crippen LogP contribution in [-0.2, 0) is 16.0 Å². The Morgan fingerprint density at radius 3 is 2.24 bits per heavy atom. The van der Waals surface area contributed by atoms with Crippen LogP contribution in [0.2, 0.25) is 0 Å². The number of hydrogen-bond donors (Lipinski definition) is 1. The van der Waals surface area contributed by atoms with E-state index in [0.29, 0.717) is 13.0 Å². The Labute approximate surface area is 172 Å². The van der Waals surface area contributed by atoms with Gasteiger partial charge < -0.3 is 15.1 Å². The number of nitrogens with one attached hydrogen (secondary N) is 1. The lowest BCUT2D eigenvalue weighted by Crippen LogP contribution is -2.38. The lowest BCUT2D eigenvalue weighted by Gasteiger charge is -2.23. The Hall–Kier alpha value is -2.89. The second-order valence-corrected chi connectivity index (χ2v) is 7.04. The van der Waals surface area contributed by atoms with Crippen LogP contribution in [0.5, 0.6) is 0 Å². The lowest BCUT2D eigenvalue weighted by atomic mass is 10.1. The molecule has 0 radical (unpaired) electrons. The van der Waals surface area contributed by atoms with Gasteiger partial charge in [-0.1, -0.05) is 12.1 Å². The fraction of sp³-hybridized carbons (Fsp3) is 0.391. The van der Waals surface area contributed by atoms with Crippen LogP contribution >= 0.6 is 0 Å². The van der Waals surface area contributed by atoms with E-state index in [-0.39, 0.29) is 24.2 Å². The van der Waals surface area contributed by atoms with Crippen LogP contribution in [0.25, 0.3) is 0 Å². The Morgan fingerprint density at radius 1 is 1.03 bits per heavy atom. The molecule has 0 saturated heterocycles. The highest BCUT2D eigenvalue weighted by Crippen LogP contribution is 2.22. The van der Waals surface area contributed by atoms with Crippen LogP contribution < -0.4 is 10.2 Å². The van der Waals surface area contributed by atoms with Gasteiger partial charge in [0.15, 0.2) is 0 Å². The Bertz CT molecular complexity index is 833. The smallest absolute Gasteiger partial charge is 0.244 e. The van der Waals surface area contributed by atoms with Gasteiger partial charge in [-0.3, -0.25) is 9.59 Å². The van der Waals surface area contributed by atoms with Gasteiger partial charge in [0.1, 0.15) is 5.82 Å². The number of carbonyl (C=O) groups is 2. The summed E-state index contributed by atoms with van der Waals surface area (Å²) in [6, 6.07) is 12.1. The molecule has 29 heavy (non-hydrogen) atoms. The van der Waals surface area contributed by atoms with Gasteiger partial charge in [-0.05, 0) is 68.7 Å². The zero-order valence-corrected chi connectivity index (χ0v) is 17.7. The van der Waals surface area contributed by atoms with Gasteiger partial charge >= 0.3 is 0 Å². The van der Waals surface area contributed by atoms with Crippen molar-refractivity contribution in [3.05, 3.63) is 59.4 Å². The number of aryl methyl sites for hydroxylation is 1. The van der Waals surface area contributed by atoms with Crippen LogP contribution in [0.1, 0.15) is 31.9 Å². The number of nitrogens with zero attached hydrogens (tertiary/aromatic N) is 2. The molecule has 0 saturated carbocycles. The van der Waals surface area contributed by atoms with Crippen molar-refractivity contribution in [3.63, 3.8) is 0 Å². The number of rotatable bonds is 9. The third-order valence-corrected chi connectivity index (χ3v) is 4.98. The first-order valence-corrected chi connectivity index (χ1v) is 9.99. The van der Waals surface area contributed by atoms with E-state index >= 15 is 0 Å². The second-order valence-electron chi connectivity index (χ2n) is 7.04. The molecule has 0 aliphatic heterocycles. The highest BCUT2D eigenvalue weighted by atomic mass is 19.1. The van der Waals surface area contributed by atoms with Crippen LogP contribution in [0.3, 0.4) is 0 Å². The largest absolute Gasteiger partial charge is 0.372 e. The Morgan fingerprint density at radius 2 is 1.69 bits per heavy atom. The molecule has 0 unspecified atom stereocenters. The monoisotopic (exact) mass is 399 g/mol. The van der Waals surface area contributed by atoms with Gasteiger partial charge in [0, 0.05) is 37.9 Å². The number of amides is 2. The average Bonchev–Trinajstić information content (AvgIpc) is 2.69. The minimum absolute atomic E-state index is 0.0201. The summed E-state index contributed by atoms with van der Waals surface area (Å²) in [6.07, 6.45) is 0.560. The van der Waals surface area contributed by atoms with Gasteiger partial charge in [0.2, 0.25) is 11.8 Å². The van der Waals surface area contributed by atoms with E-state index in [4.69, 9.17) is 0 Å². The standard InChI is InChI=1S/C23H30FN3O2/c1-5-26(6-2)21-11-12-22(17(3)15-21)25-23(29)16-27(18(4)28)14-13-19-7-9-20(24)10-8-19/h7-12,15H,5-6,13-14,16H2,1-4H3,(H,25,29). The topological polar surface area (TPSA) is 52.7 Å². The number of halogens is 1. The summed E-state index contributed by atoms with van der Waals surface area (Å²) in [5.74, 6) is -0.701. The predicted octanol–water partition coefficient (Wildman–Crippen LogP) is 4.01. The molecule has 2 aromatic carbocycles. The molecule has 0 aliphatic carbocycles. The summed E-state index contributed by atoms with van der Waals surface area (Å²) >= 11 is 0. The summed E-state index contributed by atoms with van der Waals surface area (Å²) in [7, 11) is 0. The van der Waals surface area contributed by atoms with Crippen LogP contribution in [0.15, 0.2) is 42.5 Å². The number of carbonyl (C=O) groups excluding carboxylic acids is 2. The third-order valence-electron chi connectivity index (χ3n) is 4.98. The van der Waals surface area contributed by atoms with Gasteiger partial charge in [-0.2, -0.15) is 0 Å². The molecule has 2 rings (SSSR count). The summed E-state index contributed by atoms with van der Waals surface area (Å²) < 4.78 is 13.0. The molecule has 2 aromatic rings. The molecule has 0 heterocycles. The van der Waals surface area contributed by atoms with E-state index in [1.807, 2.05) is 19.1 Å². The van der Waals surface area contributed by atoms with E-state index in [1.54, 1.807) is 12.1 Å². The maximum atomic E-state index is 13.0. The molecule has 0 bridgehead atoms. The Balaban J connectivity index is 1.97. The minimum atomic E-state index is -0.293. The number of hydrogen-bond acceptors (Lipinski definition) is 3. The van der Waals surface area contributed by atoms with Crippen molar-refractivity contribution in [3.8, 4) is 0 Å². The van der Waals surface area contributed by atoms with E-state index in [2.05, 4.69) is 30.1 Å². The molecule has 156 valence electrons. The van der Waals surface area contributed by atoms with Crippen molar-refractivity contribution in [2.24, 2.45) is 0 Å². The van der Waals surface area contributed by atoms with Gasteiger partial charge in [0.05, 0.1) is 6.54 Å². The highest BCUT2D eigenvalue weighted by molar-refractivity contribution is 5.95. The fourth-order valence-corrected chi connectivity index (χ4v) is 3.20. The summed E-state index contributed by atoms with van der Waals surface area (Å²) in [5, 5.41) is 2.90.